The van der Waals surface area contributed by atoms with Gasteiger partial charge in [0.1, 0.15) is 11.6 Å². The van der Waals surface area contributed by atoms with E-state index in [2.05, 4.69) is 25.8 Å². The smallest absolute Gasteiger partial charge is 0.309 e. The normalized spacial score (nSPS) is 12.6. The van der Waals surface area contributed by atoms with Crippen LogP contribution >= 0.6 is 0 Å². The number of anilines is 1. The summed E-state index contributed by atoms with van der Waals surface area (Å²) in [5.74, 6) is -1.96. The highest BCUT2D eigenvalue weighted by atomic mass is 19.1. The lowest BCUT2D eigenvalue weighted by atomic mass is 10.0. The maximum atomic E-state index is 14.0. The zero-order valence-corrected chi connectivity index (χ0v) is 32.7. The molecule has 3 N–H and O–H groups in total. The number of Topliss-reactive ketones (excluding diaryl/α,β-unsaturated/α-hetero) is 1. The summed E-state index contributed by atoms with van der Waals surface area (Å²) in [5.41, 5.74) is 3.02. The van der Waals surface area contributed by atoms with E-state index < -0.39 is 11.8 Å². The number of hydrogen-bond acceptors (Lipinski definition) is 8. The summed E-state index contributed by atoms with van der Waals surface area (Å²) in [6.07, 6.45) is 5.04. The number of carbonyl (C=O) groups excluding carboxylic acids is 4. The van der Waals surface area contributed by atoms with Crippen molar-refractivity contribution in [3.05, 3.63) is 64.5 Å². The quantitative estimate of drug-likeness (QED) is 0.114. The first-order valence-electron chi connectivity index (χ1n) is 19.0. The predicted octanol–water partition coefficient (Wildman–Crippen LogP) is 5.88. The molecule has 2 aromatic carbocycles. The molecule has 12 heteroatoms. The van der Waals surface area contributed by atoms with Crippen molar-refractivity contribution in [2.75, 3.05) is 71.5 Å². The molecule has 292 valence electrons. The number of carbonyl (C=O) groups is 4. The predicted molar refractivity (Wildman–Crippen MR) is 206 cm³/mol. The first-order valence-corrected chi connectivity index (χ1v) is 19.0. The van der Waals surface area contributed by atoms with Crippen LogP contribution in [-0.4, -0.2) is 99.5 Å². The third-order valence-electron chi connectivity index (χ3n) is 8.30. The minimum atomic E-state index is -0.717. The molecule has 3 amide bonds. The Hall–Kier alpha value is -3.71. The van der Waals surface area contributed by atoms with E-state index in [4.69, 9.17) is 9.47 Å². The molecule has 0 unspecified atom stereocenters. The maximum Gasteiger partial charge on any atom is 0.309 e. The zero-order chi connectivity index (χ0) is 38.7. The van der Waals surface area contributed by atoms with Gasteiger partial charge in [0, 0.05) is 50.3 Å². The maximum absolute atomic E-state index is 14.0. The van der Waals surface area contributed by atoms with E-state index in [1.807, 2.05) is 47.7 Å². The number of likely N-dealkylation sites (tertiary alicyclic amines) is 1. The van der Waals surface area contributed by atoms with Gasteiger partial charge in [-0.1, -0.05) is 53.2 Å². The Kier molecular flexibility index (Phi) is 24.8. The molecule has 0 aromatic heterocycles. The second-order valence-electron chi connectivity index (χ2n) is 12.2. The van der Waals surface area contributed by atoms with E-state index in [0.717, 1.165) is 43.6 Å². The van der Waals surface area contributed by atoms with Crippen LogP contribution in [0.5, 0.6) is 0 Å². The molecule has 52 heavy (non-hydrogen) atoms. The summed E-state index contributed by atoms with van der Waals surface area (Å²) in [6.45, 7) is 17.8. The van der Waals surface area contributed by atoms with Crippen molar-refractivity contribution in [1.82, 2.24) is 20.4 Å². The molecule has 1 fully saturated rings. The van der Waals surface area contributed by atoms with Crippen LogP contribution in [0.2, 0.25) is 0 Å². The lowest BCUT2D eigenvalue weighted by molar-refractivity contribution is -0.139. The van der Waals surface area contributed by atoms with Gasteiger partial charge in [-0.15, -0.1) is 0 Å². The van der Waals surface area contributed by atoms with Gasteiger partial charge >= 0.3 is 11.8 Å². The molecule has 3 rings (SSSR count). The van der Waals surface area contributed by atoms with Gasteiger partial charge in [-0.25, -0.2) is 4.39 Å². The molecule has 1 saturated heterocycles. The first-order chi connectivity index (χ1) is 25.2. The van der Waals surface area contributed by atoms with Gasteiger partial charge in [0.15, 0.2) is 0 Å². The number of benzene rings is 2. The highest BCUT2D eigenvalue weighted by Gasteiger charge is 2.18. The number of amides is 3. The van der Waals surface area contributed by atoms with Crippen molar-refractivity contribution in [3.8, 4) is 0 Å². The van der Waals surface area contributed by atoms with Crippen LogP contribution in [0.1, 0.15) is 100 Å². The average Bonchev–Trinajstić information content (AvgIpc) is 3.17. The molecule has 0 saturated carbocycles. The number of aryl methyl sites for hydroxylation is 1. The number of ketones is 1. The Morgan fingerprint density at radius 1 is 0.827 bits per heavy atom. The topological polar surface area (TPSA) is 129 Å². The monoisotopic (exact) mass is 729 g/mol. The van der Waals surface area contributed by atoms with Gasteiger partial charge in [-0.3, -0.25) is 24.1 Å². The molecule has 1 aliphatic rings. The molecule has 11 nitrogen and oxygen atoms in total. The summed E-state index contributed by atoms with van der Waals surface area (Å²) in [5, 5.41) is 8.16. The Morgan fingerprint density at radius 3 is 2.17 bits per heavy atom. The third-order valence-corrected chi connectivity index (χ3v) is 8.30. The molecule has 1 aliphatic heterocycles. The molecule has 0 aliphatic carbocycles. The average molecular weight is 730 g/mol. The first kappa shape index (κ1) is 46.3. The fourth-order valence-corrected chi connectivity index (χ4v) is 5.22. The van der Waals surface area contributed by atoms with Crippen LogP contribution in [0.3, 0.4) is 0 Å². The fourth-order valence-electron chi connectivity index (χ4n) is 5.22. The molecular weight excluding hydrogens is 665 g/mol. The molecule has 0 spiro atoms. The Bertz CT molecular complexity index is 1350. The SMILES string of the molecule is CC.CC.CCC(=O)CCOCCOCCN(C)CCCNC(=O)C(=O)NCc1ccc(C(=O)Nc2ccc(C)c(F)c2)cc1CN1CCCCC1. The summed E-state index contributed by atoms with van der Waals surface area (Å²) in [7, 11) is 1.96. The van der Waals surface area contributed by atoms with Gasteiger partial charge in [0.05, 0.1) is 26.4 Å². The number of halogens is 1. The third kappa shape index (κ3) is 18.7. The zero-order valence-electron chi connectivity index (χ0n) is 32.7. The standard InChI is InChI=1S/C36H52FN5O6.2C2H6/c1-4-32(43)13-19-47-21-22-48-20-18-41(3)15-8-14-38-35(45)36(46)39-25-29-11-10-28(23-30(29)26-42-16-6-5-7-17-42)34(44)40-31-12-9-27(2)33(37)24-31;2*1-2/h9-12,23-24H,4-8,13-22,25-26H2,1-3H3,(H,38,45)(H,39,46)(H,40,44);2*1-2H3. The minimum Gasteiger partial charge on any atom is -0.379 e. The van der Waals surface area contributed by atoms with E-state index in [1.54, 1.807) is 31.2 Å². The molecule has 0 atom stereocenters. The van der Waals surface area contributed by atoms with E-state index >= 15 is 0 Å². The van der Waals surface area contributed by atoms with Crippen molar-refractivity contribution >= 4 is 29.2 Å². The van der Waals surface area contributed by atoms with Crippen molar-refractivity contribution in [2.24, 2.45) is 0 Å². The highest BCUT2D eigenvalue weighted by molar-refractivity contribution is 6.35. The molecule has 1 heterocycles. The van der Waals surface area contributed by atoms with Gasteiger partial charge < -0.3 is 30.3 Å². The van der Waals surface area contributed by atoms with Crippen LogP contribution in [-0.2, 0) is 36.9 Å². The lowest BCUT2D eigenvalue weighted by Crippen LogP contribution is -2.40. The Labute approximate surface area is 311 Å². The second kappa shape index (κ2) is 27.9. The summed E-state index contributed by atoms with van der Waals surface area (Å²) >= 11 is 0. The van der Waals surface area contributed by atoms with E-state index in [9.17, 15) is 23.6 Å². The molecular formula is C40H64FN5O6. The number of rotatable bonds is 20. The van der Waals surface area contributed by atoms with Gasteiger partial charge in [0.2, 0.25) is 0 Å². The van der Waals surface area contributed by atoms with Crippen molar-refractivity contribution in [2.45, 2.75) is 93.2 Å². The van der Waals surface area contributed by atoms with Crippen molar-refractivity contribution in [1.29, 1.82) is 0 Å². The Balaban J connectivity index is 0.00000326. The van der Waals surface area contributed by atoms with Crippen LogP contribution in [0.15, 0.2) is 36.4 Å². The van der Waals surface area contributed by atoms with Crippen molar-refractivity contribution in [3.63, 3.8) is 0 Å². The number of piperidine rings is 1. The highest BCUT2D eigenvalue weighted by Crippen LogP contribution is 2.20. The molecule has 0 radical (unpaired) electrons. The van der Waals surface area contributed by atoms with Gasteiger partial charge in [-0.2, -0.15) is 0 Å². The molecule has 2 aromatic rings. The largest absolute Gasteiger partial charge is 0.379 e. The summed E-state index contributed by atoms with van der Waals surface area (Å²) in [4.78, 5) is 53.8. The number of nitrogens with zero attached hydrogens (tertiary/aromatic N) is 2. The Morgan fingerprint density at radius 2 is 1.50 bits per heavy atom. The summed E-state index contributed by atoms with van der Waals surface area (Å²) in [6, 6.07) is 9.86. The number of likely N-dealkylation sites (N-methyl/N-ethyl adjacent to an activating group) is 1. The van der Waals surface area contributed by atoms with E-state index in [0.29, 0.717) is 82.1 Å². The number of hydrogen-bond donors (Lipinski definition) is 3. The van der Waals surface area contributed by atoms with Crippen LogP contribution < -0.4 is 16.0 Å². The van der Waals surface area contributed by atoms with Gasteiger partial charge in [-0.05, 0) is 93.8 Å². The number of nitrogens with one attached hydrogen (secondary N) is 3. The van der Waals surface area contributed by atoms with Crippen LogP contribution in [0.25, 0.3) is 0 Å². The van der Waals surface area contributed by atoms with Gasteiger partial charge in [0.25, 0.3) is 5.91 Å². The van der Waals surface area contributed by atoms with Crippen molar-refractivity contribution < 1.29 is 33.0 Å². The second-order valence-corrected chi connectivity index (χ2v) is 12.2. The molecule has 0 bridgehead atoms. The minimum absolute atomic E-state index is 0.144. The lowest BCUT2D eigenvalue weighted by Gasteiger charge is -2.27. The number of ether oxygens (including phenoxy) is 2. The van der Waals surface area contributed by atoms with E-state index in [-0.39, 0.29) is 24.1 Å². The van der Waals surface area contributed by atoms with Crippen LogP contribution in [0, 0.1) is 12.7 Å². The summed E-state index contributed by atoms with van der Waals surface area (Å²) < 4.78 is 25.0. The van der Waals surface area contributed by atoms with Crippen LogP contribution in [0.4, 0.5) is 10.1 Å². The van der Waals surface area contributed by atoms with E-state index in [1.165, 1.54) is 12.5 Å². The fraction of sp³-hybridized carbons (Fsp3) is 0.600.